The van der Waals surface area contributed by atoms with E-state index < -0.39 is 0 Å². The summed E-state index contributed by atoms with van der Waals surface area (Å²) in [5, 5.41) is 3.17. The molecule has 0 aliphatic carbocycles. The van der Waals surface area contributed by atoms with Crippen LogP contribution in [0.1, 0.15) is 31.9 Å². The Morgan fingerprint density at radius 2 is 2.11 bits per heavy atom. The second kappa shape index (κ2) is 6.18. The third-order valence-electron chi connectivity index (χ3n) is 3.25. The van der Waals surface area contributed by atoms with Crippen LogP contribution in [0.15, 0.2) is 5.38 Å². The third-order valence-corrected chi connectivity index (χ3v) is 4.27. The molecule has 18 heavy (non-hydrogen) atoms. The van der Waals surface area contributed by atoms with E-state index in [1.807, 2.05) is 11.8 Å². The van der Waals surface area contributed by atoms with Crippen molar-refractivity contribution >= 4 is 22.4 Å². The number of carbonyl (C=O) groups excluding carboxylic acids is 1. The Bertz CT molecular complexity index is 397. The quantitative estimate of drug-likeness (QED) is 0.840. The molecule has 1 aliphatic heterocycles. The number of amides is 1. The van der Waals surface area contributed by atoms with Crippen molar-refractivity contribution in [2.45, 2.75) is 33.1 Å². The molecular formula is C13H21N3OS. The Labute approximate surface area is 113 Å². The zero-order chi connectivity index (χ0) is 13.0. The van der Waals surface area contributed by atoms with Gasteiger partial charge < -0.3 is 9.80 Å². The molecule has 0 aromatic carbocycles. The van der Waals surface area contributed by atoms with Gasteiger partial charge in [-0.25, -0.2) is 4.98 Å². The van der Waals surface area contributed by atoms with Gasteiger partial charge in [-0.05, 0) is 13.3 Å². The molecule has 2 heterocycles. The van der Waals surface area contributed by atoms with E-state index in [1.165, 1.54) is 0 Å². The Balaban J connectivity index is 1.82. The van der Waals surface area contributed by atoms with Crippen molar-refractivity contribution in [3.05, 3.63) is 11.1 Å². The van der Waals surface area contributed by atoms with Crippen LogP contribution < -0.4 is 4.90 Å². The molecule has 0 unspecified atom stereocenters. The highest BCUT2D eigenvalue weighted by Gasteiger charge is 2.21. The minimum Gasteiger partial charge on any atom is -0.345 e. The number of rotatable bonds is 4. The molecule has 1 aromatic heterocycles. The summed E-state index contributed by atoms with van der Waals surface area (Å²) in [6.45, 7) is 7.62. The van der Waals surface area contributed by atoms with Gasteiger partial charge in [0.05, 0.1) is 5.69 Å². The highest BCUT2D eigenvalue weighted by Crippen LogP contribution is 2.21. The Kier molecular flexibility index (Phi) is 4.58. The monoisotopic (exact) mass is 267 g/mol. The highest BCUT2D eigenvalue weighted by molar-refractivity contribution is 7.13. The topological polar surface area (TPSA) is 36.4 Å². The van der Waals surface area contributed by atoms with Crippen LogP contribution in [-0.2, 0) is 4.79 Å². The summed E-state index contributed by atoms with van der Waals surface area (Å²) >= 11 is 1.69. The number of aryl methyl sites for hydroxylation is 1. The summed E-state index contributed by atoms with van der Waals surface area (Å²) in [5.41, 5.74) is 1.08. The van der Waals surface area contributed by atoms with Crippen LogP contribution >= 0.6 is 11.3 Å². The average molecular weight is 267 g/mol. The van der Waals surface area contributed by atoms with Gasteiger partial charge in [0.15, 0.2) is 5.13 Å². The Morgan fingerprint density at radius 3 is 2.67 bits per heavy atom. The van der Waals surface area contributed by atoms with Gasteiger partial charge in [0, 0.05) is 38.0 Å². The SMILES string of the molecule is CCCCC(=O)N1CCN(c2nc(C)cs2)CC1. The van der Waals surface area contributed by atoms with Crippen molar-refractivity contribution in [3.8, 4) is 0 Å². The molecule has 1 saturated heterocycles. The molecule has 5 heteroatoms. The Morgan fingerprint density at radius 1 is 1.39 bits per heavy atom. The van der Waals surface area contributed by atoms with E-state index in [0.717, 1.165) is 49.8 Å². The van der Waals surface area contributed by atoms with E-state index in [4.69, 9.17) is 0 Å². The molecule has 0 radical (unpaired) electrons. The van der Waals surface area contributed by atoms with Crippen molar-refractivity contribution in [2.75, 3.05) is 31.1 Å². The first-order valence-electron chi connectivity index (χ1n) is 6.65. The summed E-state index contributed by atoms with van der Waals surface area (Å²) in [6.07, 6.45) is 2.79. The third kappa shape index (κ3) is 3.22. The normalized spacial score (nSPS) is 16.1. The molecular weight excluding hydrogens is 246 g/mol. The summed E-state index contributed by atoms with van der Waals surface area (Å²) in [5.74, 6) is 0.312. The van der Waals surface area contributed by atoms with E-state index in [0.29, 0.717) is 12.3 Å². The predicted octanol–water partition coefficient (Wildman–Crippen LogP) is 2.29. The van der Waals surface area contributed by atoms with E-state index in [9.17, 15) is 4.79 Å². The van der Waals surface area contributed by atoms with Gasteiger partial charge in [-0.15, -0.1) is 11.3 Å². The molecule has 1 fully saturated rings. The molecule has 0 saturated carbocycles. The van der Waals surface area contributed by atoms with Crippen LogP contribution in [0.25, 0.3) is 0 Å². The minimum absolute atomic E-state index is 0.312. The van der Waals surface area contributed by atoms with Gasteiger partial charge in [0.1, 0.15) is 0 Å². The summed E-state index contributed by atoms with van der Waals surface area (Å²) < 4.78 is 0. The van der Waals surface area contributed by atoms with Crippen molar-refractivity contribution in [1.82, 2.24) is 9.88 Å². The first kappa shape index (κ1) is 13.3. The number of unbranched alkanes of at least 4 members (excludes halogenated alkanes) is 1. The molecule has 1 amide bonds. The maximum absolute atomic E-state index is 11.9. The van der Waals surface area contributed by atoms with Gasteiger partial charge >= 0.3 is 0 Å². The summed E-state index contributed by atoms with van der Waals surface area (Å²) in [4.78, 5) is 20.7. The predicted molar refractivity (Wildman–Crippen MR) is 75.2 cm³/mol. The summed E-state index contributed by atoms with van der Waals surface area (Å²) in [6, 6.07) is 0. The van der Waals surface area contributed by atoms with E-state index >= 15 is 0 Å². The number of thiazole rings is 1. The molecule has 0 spiro atoms. The molecule has 0 bridgehead atoms. The van der Waals surface area contributed by atoms with Gasteiger partial charge in [0.2, 0.25) is 5.91 Å². The van der Waals surface area contributed by atoms with Crippen LogP contribution in [0, 0.1) is 6.92 Å². The van der Waals surface area contributed by atoms with Crippen molar-refractivity contribution in [1.29, 1.82) is 0 Å². The lowest BCUT2D eigenvalue weighted by molar-refractivity contribution is -0.131. The van der Waals surface area contributed by atoms with Crippen molar-refractivity contribution < 1.29 is 4.79 Å². The maximum Gasteiger partial charge on any atom is 0.222 e. The molecule has 1 aliphatic rings. The number of anilines is 1. The largest absolute Gasteiger partial charge is 0.345 e. The fraction of sp³-hybridized carbons (Fsp3) is 0.692. The zero-order valence-electron chi connectivity index (χ0n) is 11.2. The van der Waals surface area contributed by atoms with Gasteiger partial charge in [-0.1, -0.05) is 13.3 Å². The van der Waals surface area contributed by atoms with Gasteiger partial charge in [-0.3, -0.25) is 4.79 Å². The second-order valence-electron chi connectivity index (χ2n) is 4.74. The lowest BCUT2D eigenvalue weighted by Crippen LogP contribution is -2.48. The highest BCUT2D eigenvalue weighted by atomic mass is 32.1. The number of carbonyl (C=O) groups is 1. The van der Waals surface area contributed by atoms with Gasteiger partial charge in [0.25, 0.3) is 0 Å². The van der Waals surface area contributed by atoms with Crippen LogP contribution in [0.3, 0.4) is 0 Å². The van der Waals surface area contributed by atoms with E-state index in [2.05, 4.69) is 22.2 Å². The standard InChI is InChI=1S/C13H21N3OS/c1-3-4-5-12(17)15-6-8-16(9-7-15)13-14-11(2)10-18-13/h10H,3-9H2,1-2H3. The van der Waals surface area contributed by atoms with Crippen LogP contribution in [0.4, 0.5) is 5.13 Å². The fourth-order valence-electron chi connectivity index (χ4n) is 2.12. The van der Waals surface area contributed by atoms with Crippen LogP contribution in [-0.4, -0.2) is 42.0 Å². The number of aromatic nitrogens is 1. The number of hydrogen-bond donors (Lipinski definition) is 0. The zero-order valence-corrected chi connectivity index (χ0v) is 12.0. The smallest absolute Gasteiger partial charge is 0.222 e. The van der Waals surface area contributed by atoms with Crippen LogP contribution in [0.5, 0.6) is 0 Å². The molecule has 0 atom stereocenters. The Hall–Kier alpha value is -1.10. The number of hydrogen-bond acceptors (Lipinski definition) is 4. The molecule has 100 valence electrons. The molecule has 1 aromatic rings. The average Bonchev–Trinajstić information content (AvgIpc) is 2.83. The number of piperazine rings is 1. The fourth-order valence-corrected chi connectivity index (χ4v) is 2.98. The molecule has 0 N–H and O–H groups in total. The first-order chi connectivity index (χ1) is 8.70. The maximum atomic E-state index is 11.9. The second-order valence-corrected chi connectivity index (χ2v) is 5.58. The van der Waals surface area contributed by atoms with Crippen LogP contribution in [0.2, 0.25) is 0 Å². The van der Waals surface area contributed by atoms with E-state index in [1.54, 1.807) is 11.3 Å². The molecule has 4 nitrogen and oxygen atoms in total. The number of nitrogens with zero attached hydrogens (tertiary/aromatic N) is 3. The minimum atomic E-state index is 0.312. The van der Waals surface area contributed by atoms with Crippen molar-refractivity contribution in [3.63, 3.8) is 0 Å². The van der Waals surface area contributed by atoms with E-state index in [-0.39, 0.29) is 0 Å². The molecule has 2 rings (SSSR count). The van der Waals surface area contributed by atoms with Gasteiger partial charge in [-0.2, -0.15) is 0 Å². The lowest BCUT2D eigenvalue weighted by atomic mass is 10.2. The van der Waals surface area contributed by atoms with Crippen molar-refractivity contribution in [2.24, 2.45) is 0 Å². The first-order valence-corrected chi connectivity index (χ1v) is 7.53. The summed E-state index contributed by atoms with van der Waals surface area (Å²) in [7, 11) is 0. The lowest BCUT2D eigenvalue weighted by Gasteiger charge is -2.34.